The third kappa shape index (κ3) is 3.34. The Morgan fingerprint density at radius 2 is 1.76 bits per heavy atom. The molecule has 0 radical (unpaired) electrons. The highest BCUT2D eigenvalue weighted by Crippen LogP contribution is 2.20. The van der Waals surface area contributed by atoms with Gasteiger partial charge < -0.3 is 0 Å². The maximum Gasteiger partial charge on any atom is 0.246 e. The van der Waals surface area contributed by atoms with Crippen LogP contribution in [0.15, 0.2) is 17.0 Å². The first kappa shape index (κ1) is 14.3. The Balaban J connectivity index is 3.25. The van der Waals surface area contributed by atoms with Gasteiger partial charge in [0.15, 0.2) is 4.90 Å². The van der Waals surface area contributed by atoms with E-state index in [1.165, 1.54) is 6.92 Å². The molecule has 0 fully saturated rings. The van der Waals surface area contributed by atoms with Gasteiger partial charge in [0.05, 0.1) is 0 Å². The molecule has 0 amide bonds. The van der Waals surface area contributed by atoms with Gasteiger partial charge in [-0.15, -0.1) is 11.6 Å². The van der Waals surface area contributed by atoms with Gasteiger partial charge in [-0.3, -0.25) is 0 Å². The van der Waals surface area contributed by atoms with Crippen molar-refractivity contribution in [1.82, 2.24) is 4.72 Å². The van der Waals surface area contributed by atoms with Crippen LogP contribution in [0, 0.1) is 17.5 Å². The number of benzene rings is 1. The van der Waals surface area contributed by atoms with E-state index in [-0.39, 0.29) is 5.88 Å². The van der Waals surface area contributed by atoms with Gasteiger partial charge in [0.1, 0.15) is 17.5 Å². The fraction of sp³-hybridized carbons (Fsp3) is 0.333. The first-order chi connectivity index (χ1) is 7.77. The first-order valence-electron chi connectivity index (χ1n) is 4.50. The topological polar surface area (TPSA) is 46.2 Å². The van der Waals surface area contributed by atoms with Crippen LogP contribution >= 0.6 is 11.6 Å². The molecule has 0 spiro atoms. The van der Waals surface area contributed by atoms with Gasteiger partial charge in [0.25, 0.3) is 0 Å². The maximum absolute atomic E-state index is 13.2. The molecule has 1 atom stereocenters. The number of sulfonamides is 1. The molecule has 0 saturated carbocycles. The van der Waals surface area contributed by atoms with E-state index in [4.69, 9.17) is 11.6 Å². The molecule has 0 bridgehead atoms. The second-order valence-corrected chi connectivity index (χ2v) is 5.33. The number of hydrogen-bond acceptors (Lipinski definition) is 2. The standard InChI is InChI=1S/C9H9ClF3NO2S/c1-5(4-10)14-17(15,16)9-7(12)2-6(11)3-8(9)13/h2-3,5,14H,4H2,1H3. The number of alkyl halides is 1. The number of halogens is 4. The quantitative estimate of drug-likeness (QED) is 0.861. The summed E-state index contributed by atoms with van der Waals surface area (Å²) in [5.41, 5.74) is 0. The number of hydrogen-bond donors (Lipinski definition) is 1. The molecule has 0 aliphatic rings. The van der Waals surface area contributed by atoms with Crippen molar-refractivity contribution in [3.63, 3.8) is 0 Å². The fourth-order valence-electron chi connectivity index (χ4n) is 1.14. The van der Waals surface area contributed by atoms with Crippen molar-refractivity contribution in [2.45, 2.75) is 17.9 Å². The van der Waals surface area contributed by atoms with Crippen molar-refractivity contribution in [2.24, 2.45) is 0 Å². The van der Waals surface area contributed by atoms with E-state index >= 15 is 0 Å². The van der Waals surface area contributed by atoms with Crippen molar-refractivity contribution in [3.8, 4) is 0 Å². The van der Waals surface area contributed by atoms with Crippen LogP contribution in [0.25, 0.3) is 0 Å². The second kappa shape index (κ2) is 5.24. The monoisotopic (exact) mass is 287 g/mol. The normalized spacial score (nSPS) is 13.7. The summed E-state index contributed by atoms with van der Waals surface area (Å²) in [6.45, 7) is 1.42. The summed E-state index contributed by atoms with van der Waals surface area (Å²) in [5, 5.41) is 0. The average molecular weight is 288 g/mol. The van der Waals surface area contributed by atoms with E-state index in [1.807, 2.05) is 4.72 Å². The lowest BCUT2D eigenvalue weighted by Gasteiger charge is -2.12. The Kier molecular flexibility index (Phi) is 4.40. The van der Waals surface area contributed by atoms with Crippen LogP contribution in [0.5, 0.6) is 0 Å². The molecular weight excluding hydrogens is 279 g/mol. The van der Waals surface area contributed by atoms with Gasteiger partial charge >= 0.3 is 0 Å². The van der Waals surface area contributed by atoms with Gasteiger partial charge in [-0.2, -0.15) is 0 Å². The molecule has 1 aromatic carbocycles. The highest BCUT2D eigenvalue weighted by atomic mass is 35.5. The van der Waals surface area contributed by atoms with E-state index in [0.29, 0.717) is 12.1 Å². The zero-order valence-electron chi connectivity index (χ0n) is 8.68. The smallest absolute Gasteiger partial charge is 0.207 e. The molecule has 96 valence electrons. The Morgan fingerprint density at radius 1 is 1.29 bits per heavy atom. The summed E-state index contributed by atoms with van der Waals surface area (Å²) in [6, 6.07) is -0.114. The van der Waals surface area contributed by atoms with E-state index in [0.717, 1.165) is 0 Å². The summed E-state index contributed by atoms with van der Waals surface area (Å²) in [7, 11) is -4.40. The Hall–Kier alpha value is -0.790. The van der Waals surface area contributed by atoms with Crippen LogP contribution in [0.1, 0.15) is 6.92 Å². The summed E-state index contributed by atoms with van der Waals surface area (Å²) in [5.74, 6) is -4.23. The molecule has 1 N–H and O–H groups in total. The Morgan fingerprint density at radius 3 is 2.18 bits per heavy atom. The SMILES string of the molecule is CC(CCl)NS(=O)(=O)c1c(F)cc(F)cc1F. The zero-order chi connectivity index (χ0) is 13.2. The highest BCUT2D eigenvalue weighted by molar-refractivity contribution is 7.89. The number of nitrogens with one attached hydrogen (secondary N) is 1. The fourth-order valence-corrected chi connectivity index (χ4v) is 2.67. The molecule has 0 aliphatic heterocycles. The van der Waals surface area contributed by atoms with Crippen LogP contribution in [-0.4, -0.2) is 20.3 Å². The Bertz CT molecular complexity index is 498. The molecular formula is C9H9ClF3NO2S. The third-order valence-corrected chi connectivity index (χ3v) is 3.92. The van der Waals surface area contributed by atoms with Crippen molar-refractivity contribution < 1.29 is 21.6 Å². The van der Waals surface area contributed by atoms with E-state index in [2.05, 4.69) is 0 Å². The molecule has 1 rings (SSSR count). The summed E-state index contributed by atoms with van der Waals surface area (Å²) >= 11 is 5.38. The zero-order valence-corrected chi connectivity index (χ0v) is 10.2. The Labute approximate surface area is 102 Å². The molecule has 8 heteroatoms. The van der Waals surface area contributed by atoms with Gasteiger partial charge in [-0.05, 0) is 6.92 Å². The molecule has 1 unspecified atom stereocenters. The largest absolute Gasteiger partial charge is 0.246 e. The van der Waals surface area contributed by atoms with Crippen molar-refractivity contribution in [2.75, 3.05) is 5.88 Å². The van der Waals surface area contributed by atoms with Crippen molar-refractivity contribution >= 4 is 21.6 Å². The highest BCUT2D eigenvalue weighted by Gasteiger charge is 2.26. The summed E-state index contributed by atoms with van der Waals surface area (Å²) in [6.07, 6.45) is 0. The molecule has 3 nitrogen and oxygen atoms in total. The summed E-state index contributed by atoms with van der Waals surface area (Å²) in [4.78, 5) is -1.21. The summed E-state index contributed by atoms with van der Waals surface area (Å²) < 4.78 is 64.2. The molecule has 1 aromatic rings. The minimum atomic E-state index is -4.40. The minimum absolute atomic E-state index is 0.0658. The predicted molar refractivity (Wildman–Crippen MR) is 56.8 cm³/mol. The molecule has 0 heterocycles. The van der Waals surface area contributed by atoms with Gasteiger partial charge in [-0.25, -0.2) is 26.3 Å². The van der Waals surface area contributed by atoms with E-state index < -0.39 is 38.4 Å². The van der Waals surface area contributed by atoms with Crippen LogP contribution in [0.3, 0.4) is 0 Å². The van der Waals surface area contributed by atoms with Crippen LogP contribution in [0.2, 0.25) is 0 Å². The second-order valence-electron chi connectivity index (χ2n) is 3.38. The van der Waals surface area contributed by atoms with Crippen LogP contribution in [-0.2, 0) is 10.0 Å². The third-order valence-electron chi connectivity index (χ3n) is 1.82. The predicted octanol–water partition coefficient (Wildman–Crippen LogP) is 2.01. The molecule has 0 saturated heterocycles. The lowest BCUT2D eigenvalue weighted by Crippen LogP contribution is -2.34. The van der Waals surface area contributed by atoms with Crippen LogP contribution in [0.4, 0.5) is 13.2 Å². The van der Waals surface area contributed by atoms with Crippen molar-refractivity contribution in [3.05, 3.63) is 29.6 Å². The van der Waals surface area contributed by atoms with E-state index in [1.54, 1.807) is 0 Å². The van der Waals surface area contributed by atoms with Gasteiger partial charge in [-0.1, -0.05) is 0 Å². The maximum atomic E-state index is 13.2. The molecule has 0 aromatic heterocycles. The van der Waals surface area contributed by atoms with Gasteiger partial charge in [0, 0.05) is 24.1 Å². The number of rotatable bonds is 4. The van der Waals surface area contributed by atoms with Crippen molar-refractivity contribution in [1.29, 1.82) is 0 Å². The minimum Gasteiger partial charge on any atom is -0.207 e. The van der Waals surface area contributed by atoms with Gasteiger partial charge in [0.2, 0.25) is 10.0 Å². The lowest BCUT2D eigenvalue weighted by atomic mass is 10.3. The molecule has 0 aliphatic carbocycles. The average Bonchev–Trinajstić information content (AvgIpc) is 2.14. The molecule has 17 heavy (non-hydrogen) atoms. The first-order valence-corrected chi connectivity index (χ1v) is 6.52. The lowest BCUT2D eigenvalue weighted by molar-refractivity contribution is 0.492. The van der Waals surface area contributed by atoms with Crippen LogP contribution < -0.4 is 4.72 Å². The van der Waals surface area contributed by atoms with E-state index in [9.17, 15) is 21.6 Å².